The molecule has 0 amide bonds. The third-order valence-electron chi connectivity index (χ3n) is 3.07. The lowest BCUT2D eigenvalue weighted by molar-refractivity contribution is -0.0328. The molecule has 0 atom stereocenters. The van der Waals surface area contributed by atoms with Gasteiger partial charge in [-0.3, -0.25) is 4.72 Å². The smallest absolute Gasteiger partial charge is 0.446 e. The predicted molar refractivity (Wildman–Crippen MR) is 93.7 cm³/mol. The number of halogens is 4. The van der Waals surface area contributed by atoms with Crippen molar-refractivity contribution < 1.29 is 31.1 Å². The summed E-state index contributed by atoms with van der Waals surface area (Å²) in [6.07, 6.45) is 0. The summed E-state index contributed by atoms with van der Waals surface area (Å²) in [5.74, 6) is 0.370. The maximum absolute atomic E-state index is 12.6. The van der Waals surface area contributed by atoms with Crippen molar-refractivity contribution in [3.05, 3.63) is 41.4 Å². The van der Waals surface area contributed by atoms with Crippen LogP contribution in [0.15, 0.2) is 46.2 Å². The lowest BCUT2D eigenvalue weighted by Gasteiger charge is -2.14. The van der Waals surface area contributed by atoms with Crippen LogP contribution < -0.4 is 14.2 Å². The second-order valence-electron chi connectivity index (χ2n) is 4.82. The molecule has 2 aromatic carbocycles. The molecule has 0 saturated carbocycles. The highest BCUT2D eigenvalue weighted by Gasteiger charge is 2.30. The van der Waals surface area contributed by atoms with Crippen molar-refractivity contribution in [3.8, 4) is 11.5 Å². The van der Waals surface area contributed by atoms with Crippen molar-refractivity contribution in [2.24, 2.45) is 0 Å². The highest BCUT2D eigenvalue weighted by Crippen LogP contribution is 2.41. The van der Waals surface area contributed by atoms with Gasteiger partial charge in [-0.15, -0.1) is 0 Å². The molecule has 0 aromatic heterocycles. The quantitative estimate of drug-likeness (QED) is 0.673. The molecule has 1 N–H and O–H groups in total. The van der Waals surface area contributed by atoms with Crippen LogP contribution in [0.1, 0.15) is 0 Å². The third kappa shape index (κ3) is 5.12. The number of sulfonamides is 1. The average molecular weight is 428 g/mol. The van der Waals surface area contributed by atoms with Gasteiger partial charge in [0, 0.05) is 11.0 Å². The van der Waals surface area contributed by atoms with Gasteiger partial charge in [0.15, 0.2) is 0 Å². The molecule has 142 valence electrons. The topological polar surface area (TPSA) is 64.6 Å². The van der Waals surface area contributed by atoms with Gasteiger partial charge in [-0.2, -0.15) is 13.2 Å². The first-order valence-corrected chi connectivity index (χ1v) is 9.53. The molecule has 0 aliphatic heterocycles. The van der Waals surface area contributed by atoms with Crippen LogP contribution in [-0.2, 0) is 10.0 Å². The van der Waals surface area contributed by atoms with Crippen molar-refractivity contribution in [3.63, 3.8) is 0 Å². The van der Waals surface area contributed by atoms with E-state index in [0.717, 1.165) is 12.1 Å². The molecule has 0 saturated heterocycles. The summed E-state index contributed by atoms with van der Waals surface area (Å²) in [7, 11) is -1.41. The molecule has 2 rings (SSSR count). The summed E-state index contributed by atoms with van der Waals surface area (Å²) in [5.41, 5.74) is -4.50. The Morgan fingerprint density at radius 3 is 2.31 bits per heavy atom. The maximum atomic E-state index is 12.6. The minimum absolute atomic E-state index is 0.00592. The number of alkyl halides is 3. The first-order chi connectivity index (χ1) is 12.1. The molecule has 0 aliphatic rings. The van der Waals surface area contributed by atoms with Crippen molar-refractivity contribution in [2.45, 2.75) is 15.3 Å². The van der Waals surface area contributed by atoms with E-state index < -0.39 is 15.5 Å². The molecule has 2 aromatic rings. The van der Waals surface area contributed by atoms with Gasteiger partial charge in [0.25, 0.3) is 10.0 Å². The van der Waals surface area contributed by atoms with E-state index in [1.165, 1.54) is 38.5 Å². The van der Waals surface area contributed by atoms with Gasteiger partial charge in [-0.25, -0.2) is 8.42 Å². The number of thioether (sulfide) groups is 1. The average Bonchev–Trinajstić information content (AvgIpc) is 2.55. The van der Waals surface area contributed by atoms with Gasteiger partial charge < -0.3 is 9.47 Å². The Morgan fingerprint density at radius 2 is 1.77 bits per heavy atom. The number of hydrogen-bond donors (Lipinski definition) is 1. The van der Waals surface area contributed by atoms with E-state index in [9.17, 15) is 21.6 Å². The summed E-state index contributed by atoms with van der Waals surface area (Å²) in [6, 6.07) is 7.57. The number of hydrogen-bond acceptors (Lipinski definition) is 5. The van der Waals surface area contributed by atoms with E-state index in [-0.39, 0.29) is 38.0 Å². The number of anilines is 1. The fourth-order valence-electron chi connectivity index (χ4n) is 1.98. The highest BCUT2D eigenvalue weighted by atomic mass is 35.5. The Kier molecular flexibility index (Phi) is 6.20. The summed E-state index contributed by atoms with van der Waals surface area (Å²) in [5, 5.41) is -0.231. The van der Waals surface area contributed by atoms with Crippen molar-refractivity contribution in [1.29, 1.82) is 0 Å². The van der Waals surface area contributed by atoms with E-state index in [4.69, 9.17) is 21.1 Å². The minimum atomic E-state index is -4.50. The zero-order valence-corrected chi connectivity index (χ0v) is 15.8. The molecule has 0 fully saturated rings. The Hall–Kier alpha value is -1.78. The first-order valence-electron chi connectivity index (χ1n) is 6.86. The maximum Gasteiger partial charge on any atom is 0.446 e. The van der Waals surface area contributed by atoms with Gasteiger partial charge in [-0.05, 0) is 42.1 Å². The van der Waals surface area contributed by atoms with Crippen LogP contribution in [0.2, 0.25) is 5.02 Å². The second-order valence-corrected chi connectivity index (χ2v) is 7.98. The van der Waals surface area contributed by atoms with Crippen molar-refractivity contribution in [1.82, 2.24) is 0 Å². The molecule has 26 heavy (non-hydrogen) atoms. The van der Waals surface area contributed by atoms with E-state index >= 15 is 0 Å². The van der Waals surface area contributed by atoms with E-state index in [1.54, 1.807) is 0 Å². The summed E-state index contributed by atoms with van der Waals surface area (Å²) < 4.78 is 74.8. The Balaban J connectivity index is 2.34. The number of benzene rings is 2. The number of rotatable bonds is 6. The second kappa shape index (κ2) is 7.85. The Labute approximate surface area is 157 Å². The van der Waals surface area contributed by atoms with Crippen molar-refractivity contribution >= 4 is 39.1 Å². The largest absolute Gasteiger partial charge is 0.497 e. The van der Waals surface area contributed by atoms with Crippen molar-refractivity contribution in [2.75, 3.05) is 18.9 Å². The zero-order chi connectivity index (χ0) is 19.5. The molecule has 0 spiro atoms. The Morgan fingerprint density at radius 1 is 1.08 bits per heavy atom. The number of nitrogens with one attached hydrogen (secondary N) is 1. The van der Waals surface area contributed by atoms with Crippen LogP contribution in [0.5, 0.6) is 11.5 Å². The van der Waals surface area contributed by atoms with Crippen LogP contribution in [-0.4, -0.2) is 28.1 Å². The van der Waals surface area contributed by atoms with E-state index in [2.05, 4.69) is 4.72 Å². The van der Waals surface area contributed by atoms with Gasteiger partial charge in [-0.1, -0.05) is 11.6 Å². The Bertz CT molecular complexity index is 904. The molecular formula is C15H13ClF3NO4S2. The molecule has 0 bridgehead atoms. The molecule has 11 heteroatoms. The summed E-state index contributed by atoms with van der Waals surface area (Å²) >= 11 is 5.43. The van der Waals surface area contributed by atoms with E-state index in [0.29, 0.717) is 5.75 Å². The molecule has 5 nitrogen and oxygen atoms in total. The van der Waals surface area contributed by atoms with Gasteiger partial charge >= 0.3 is 5.51 Å². The fourth-order valence-corrected chi connectivity index (χ4v) is 4.05. The first kappa shape index (κ1) is 20.5. The van der Waals surface area contributed by atoms with Crippen LogP contribution in [0.4, 0.5) is 18.9 Å². The van der Waals surface area contributed by atoms with Crippen LogP contribution >= 0.6 is 23.4 Å². The minimum Gasteiger partial charge on any atom is -0.497 e. The molecule has 0 aliphatic carbocycles. The third-order valence-corrected chi connectivity index (χ3v) is 5.70. The monoisotopic (exact) mass is 427 g/mol. The standard InChI is InChI=1S/C15H13ClF3NO4S2/c1-23-10-4-5-12(24-2)14(8-10)26(21,22)20-9-3-6-13(11(16)7-9)25-15(17,18)19/h3-8,20H,1-2H3. The normalized spacial score (nSPS) is 11.9. The van der Waals surface area contributed by atoms with Crippen LogP contribution in [0.25, 0.3) is 0 Å². The van der Waals surface area contributed by atoms with E-state index in [1.807, 2.05) is 0 Å². The number of methoxy groups -OCH3 is 2. The van der Waals surface area contributed by atoms with Gasteiger partial charge in [0.2, 0.25) is 0 Å². The molecule has 0 heterocycles. The highest BCUT2D eigenvalue weighted by molar-refractivity contribution is 8.00. The van der Waals surface area contributed by atoms with Gasteiger partial charge in [0.05, 0.1) is 24.9 Å². The lowest BCUT2D eigenvalue weighted by atomic mass is 10.3. The van der Waals surface area contributed by atoms with Gasteiger partial charge in [0.1, 0.15) is 16.4 Å². The fraction of sp³-hybridized carbons (Fsp3) is 0.200. The molecule has 0 radical (unpaired) electrons. The van der Waals surface area contributed by atoms with Crippen LogP contribution in [0, 0.1) is 0 Å². The summed E-state index contributed by atoms with van der Waals surface area (Å²) in [6.45, 7) is 0. The number of ether oxygens (including phenoxy) is 2. The molecule has 0 unspecified atom stereocenters. The SMILES string of the molecule is COc1ccc(OC)c(S(=O)(=O)Nc2ccc(SC(F)(F)F)c(Cl)c2)c1. The zero-order valence-electron chi connectivity index (χ0n) is 13.4. The predicted octanol–water partition coefficient (Wildman–Crippen LogP) is 4.77. The van der Waals surface area contributed by atoms with Crippen LogP contribution in [0.3, 0.4) is 0 Å². The lowest BCUT2D eigenvalue weighted by Crippen LogP contribution is -2.14. The summed E-state index contributed by atoms with van der Waals surface area (Å²) in [4.78, 5) is -0.426. The molecular weight excluding hydrogens is 415 g/mol.